The zero-order chi connectivity index (χ0) is 10.4. The normalized spacial score (nSPS) is 33.5. The summed E-state index contributed by atoms with van der Waals surface area (Å²) in [5.74, 6) is 2.82. The first-order valence-electron chi connectivity index (χ1n) is 6.01. The standard InChI is InChI=1S/C14H18O/c1-9-6-11(4-5-14(9)15)13-8-10-2-3-12(13)7-10/h4-6,10,12-13,15H,2-3,7-8H2,1H3/p-1/t10-,12+,13-/m0/s1. The molecule has 2 aliphatic carbocycles. The fourth-order valence-corrected chi connectivity index (χ4v) is 3.56. The first-order chi connectivity index (χ1) is 7.24. The van der Waals surface area contributed by atoms with Crippen LogP contribution in [-0.2, 0) is 0 Å². The van der Waals surface area contributed by atoms with Crippen molar-refractivity contribution in [2.75, 3.05) is 0 Å². The van der Waals surface area contributed by atoms with Crippen LogP contribution >= 0.6 is 0 Å². The lowest BCUT2D eigenvalue weighted by atomic mass is 9.83. The highest BCUT2D eigenvalue weighted by Gasteiger charge is 2.39. The van der Waals surface area contributed by atoms with E-state index in [4.69, 9.17) is 0 Å². The molecule has 0 N–H and O–H groups in total. The Morgan fingerprint density at radius 2 is 2.07 bits per heavy atom. The largest absolute Gasteiger partial charge is 0.872 e. The summed E-state index contributed by atoms with van der Waals surface area (Å²) in [5, 5.41) is 11.3. The Kier molecular flexibility index (Phi) is 2.01. The van der Waals surface area contributed by atoms with Gasteiger partial charge in [-0.05, 0) is 49.5 Å². The van der Waals surface area contributed by atoms with Gasteiger partial charge in [-0.25, -0.2) is 0 Å². The summed E-state index contributed by atoms with van der Waals surface area (Å²) in [4.78, 5) is 0. The number of benzene rings is 1. The molecule has 3 atom stereocenters. The molecule has 3 rings (SSSR count). The van der Waals surface area contributed by atoms with Gasteiger partial charge < -0.3 is 5.11 Å². The van der Waals surface area contributed by atoms with Crippen molar-refractivity contribution in [2.45, 2.75) is 38.5 Å². The second kappa shape index (κ2) is 3.26. The molecule has 0 amide bonds. The van der Waals surface area contributed by atoms with Crippen molar-refractivity contribution in [3.05, 3.63) is 29.3 Å². The van der Waals surface area contributed by atoms with Gasteiger partial charge in [-0.3, -0.25) is 0 Å². The molecule has 0 saturated heterocycles. The van der Waals surface area contributed by atoms with Crippen LogP contribution in [0.3, 0.4) is 0 Å². The molecule has 1 nitrogen and oxygen atoms in total. The lowest BCUT2D eigenvalue weighted by Gasteiger charge is -2.23. The number of aryl methyl sites for hydroxylation is 1. The van der Waals surface area contributed by atoms with E-state index in [0.29, 0.717) is 0 Å². The van der Waals surface area contributed by atoms with Crippen molar-refractivity contribution in [3.8, 4) is 5.75 Å². The van der Waals surface area contributed by atoms with Crippen molar-refractivity contribution in [1.82, 2.24) is 0 Å². The SMILES string of the molecule is Cc1cc([C@@H]2C[C@H]3CC[C@@H]2C3)ccc1[O-]. The van der Waals surface area contributed by atoms with Gasteiger partial charge in [-0.1, -0.05) is 30.2 Å². The zero-order valence-electron chi connectivity index (χ0n) is 9.20. The van der Waals surface area contributed by atoms with Gasteiger partial charge in [0.05, 0.1) is 0 Å². The van der Waals surface area contributed by atoms with Crippen LogP contribution < -0.4 is 5.11 Å². The van der Waals surface area contributed by atoms with E-state index >= 15 is 0 Å². The Bertz CT molecular complexity index is 383. The maximum absolute atomic E-state index is 11.3. The molecule has 0 aliphatic heterocycles. The molecular weight excluding hydrogens is 184 g/mol. The summed E-state index contributed by atoms with van der Waals surface area (Å²) in [6.45, 7) is 1.93. The van der Waals surface area contributed by atoms with Gasteiger partial charge in [0.2, 0.25) is 0 Å². The molecule has 15 heavy (non-hydrogen) atoms. The first kappa shape index (κ1) is 9.26. The number of hydrogen-bond acceptors (Lipinski definition) is 1. The van der Waals surface area contributed by atoms with Crippen molar-refractivity contribution < 1.29 is 5.11 Å². The van der Waals surface area contributed by atoms with Crippen molar-refractivity contribution in [1.29, 1.82) is 0 Å². The van der Waals surface area contributed by atoms with Crippen LogP contribution in [0.15, 0.2) is 18.2 Å². The van der Waals surface area contributed by atoms with E-state index in [9.17, 15) is 5.11 Å². The van der Waals surface area contributed by atoms with Crippen LogP contribution in [0.2, 0.25) is 0 Å². The summed E-state index contributed by atoms with van der Waals surface area (Å²) in [6.07, 6.45) is 5.65. The fraction of sp³-hybridized carbons (Fsp3) is 0.571. The molecule has 80 valence electrons. The fourth-order valence-electron chi connectivity index (χ4n) is 3.56. The minimum atomic E-state index is 0.182. The minimum Gasteiger partial charge on any atom is -0.872 e. The summed E-state index contributed by atoms with van der Waals surface area (Å²) < 4.78 is 0. The molecule has 0 unspecified atom stereocenters. The predicted molar refractivity (Wildman–Crippen MR) is 58.8 cm³/mol. The molecule has 1 aromatic rings. The maximum atomic E-state index is 11.3. The van der Waals surface area contributed by atoms with Crippen LogP contribution in [-0.4, -0.2) is 0 Å². The second-order valence-electron chi connectivity index (χ2n) is 5.31. The van der Waals surface area contributed by atoms with Crippen molar-refractivity contribution in [2.24, 2.45) is 11.8 Å². The highest BCUT2D eigenvalue weighted by molar-refractivity contribution is 5.36. The zero-order valence-corrected chi connectivity index (χ0v) is 9.20. The lowest BCUT2D eigenvalue weighted by Crippen LogP contribution is -2.09. The molecule has 2 fully saturated rings. The summed E-state index contributed by atoms with van der Waals surface area (Å²) >= 11 is 0. The van der Waals surface area contributed by atoms with Gasteiger partial charge in [0.1, 0.15) is 0 Å². The molecule has 1 aromatic carbocycles. The highest BCUT2D eigenvalue weighted by Crippen LogP contribution is 2.52. The van der Waals surface area contributed by atoms with Crippen LogP contribution in [0.4, 0.5) is 0 Å². The minimum absolute atomic E-state index is 0.182. The van der Waals surface area contributed by atoms with Gasteiger partial charge in [0, 0.05) is 0 Å². The Hall–Kier alpha value is -0.980. The van der Waals surface area contributed by atoms with E-state index in [0.717, 1.165) is 23.3 Å². The third-order valence-corrected chi connectivity index (χ3v) is 4.37. The van der Waals surface area contributed by atoms with Gasteiger partial charge in [-0.15, -0.1) is 5.75 Å². The van der Waals surface area contributed by atoms with Crippen molar-refractivity contribution >= 4 is 0 Å². The lowest BCUT2D eigenvalue weighted by molar-refractivity contribution is -0.269. The van der Waals surface area contributed by atoms with E-state index < -0.39 is 0 Å². The van der Waals surface area contributed by atoms with Gasteiger partial charge in [-0.2, -0.15) is 0 Å². The third kappa shape index (κ3) is 1.45. The highest BCUT2D eigenvalue weighted by atomic mass is 16.3. The monoisotopic (exact) mass is 201 g/mol. The van der Waals surface area contributed by atoms with E-state index in [2.05, 4.69) is 12.1 Å². The molecule has 0 aromatic heterocycles. The topological polar surface area (TPSA) is 23.1 Å². The molecule has 0 radical (unpaired) electrons. The predicted octanol–water partition coefficient (Wildman–Crippen LogP) is 2.97. The smallest absolute Gasteiger partial charge is 0.0131 e. The molecule has 0 heterocycles. The Morgan fingerprint density at radius 1 is 1.20 bits per heavy atom. The number of hydrogen-bond donors (Lipinski definition) is 0. The van der Waals surface area contributed by atoms with Crippen molar-refractivity contribution in [3.63, 3.8) is 0 Å². The van der Waals surface area contributed by atoms with Gasteiger partial charge >= 0.3 is 0 Å². The quantitative estimate of drug-likeness (QED) is 0.685. The molecule has 1 heteroatoms. The van der Waals surface area contributed by atoms with E-state index in [1.54, 1.807) is 6.07 Å². The Balaban J connectivity index is 1.90. The summed E-state index contributed by atoms with van der Waals surface area (Å²) in [5.41, 5.74) is 2.33. The number of fused-ring (bicyclic) bond motifs is 2. The summed E-state index contributed by atoms with van der Waals surface area (Å²) in [7, 11) is 0. The van der Waals surface area contributed by atoms with Crippen LogP contribution in [0.25, 0.3) is 0 Å². The Morgan fingerprint density at radius 3 is 2.67 bits per heavy atom. The van der Waals surface area contributed by atoms with Crippen LogP contribution in [0, 0.1) is 18.8 Å². The van der Waals surface area contributed by atoms with Crippen LogP contribution in [0.5, 0.6) is 5.75 Å². The molecule has 2 bridgehead atoms. The molecule has 2 saturated carbocycles. The molecule has 2 aliphatic rings. The summed E-state index contributed by atoms with van der Waals surface area (Å²) in [6, 6.07) is 5.92. The van der Waals surface area contributed by atoms with Gasteiger partial charge in [0.25, 0.3) is 0 Å². The van der Waals surface area contributed by atoms with E-state index in [1.807, 2.05) is 6.92 Å². The Labute approximate surface area is 91.1 Å². The third-order valence-electron chi connectivity index (χ3n) is 4.37. The second-order valence-corrected chi connectivity index (χ2v) is 5.31. The number of rotatable bonds is 1. The van der Waals surface area contributed by atoms with Gasteiger partial charge in [0.15, 0.2) is 0 Å². The maximum Gasteiger partial charge on any atom is -0.0131 e. The van der Waals surface area contributed by atoms with E-state index in [1.165, 1.54) is 31.2 Å². The molecule has 0 spiro atoms. The van der Waals surface area contributed by atoms with Crippen LogP contribution in [0.1, 0.15) is 42.7 Å². The first-order valence-corrected chi connectivity index (χ1v) is 6.01. The van der Waals surface area contributed by atoms with E-state index in [-0.39, 0.29) is 5.75 Å². The average molecular weight is 201 g/mol. The average Bonchev–Trinajstić information content (AvgIpc) is 2.83. The molecular formula is C14H17O-.